The molecule has 0 atom stereocenters. The fourth-order valence-electron chi connectivity index (χ4n) is 2.66. The quantitative estimate of drug-likeness (QED) is 0.567. The predicted octanol–water partition coefficient (Wildman–Crippen LogP) is 2.87. The molecule has 0 spiro atoms. The van der Waals surface area contributed by atoms with Crippen LogP contribution in [0.2, 0.25) is 0 Å². The van der Waals surface area contributed by atoms with Crippen molar-refractivity contribution in [1.82, 2.24) is 24.9 Å². The molecule has 0 fully saturated rings. The predicted molar refractivity (Wildman–Crippen MR) is 84.4 cm³/mol. The molecule has 0 aliphatic heterocycles. The lowest BCUT2D eigenvalue weighted by Crippen LogP contribution is -1.99. The molecule has 4 aromatic rings. The zero-order chi connectivity index (χ0) is 14.9. The van der Waals surface area contributed by atoms with Crippen molar-refractivity contribution in [2.45, 2.75) is 13.3 Å². The Hall–Kier alpha value is -2.95. The number of hydrogen-bond acceptors (Lipinski definition) is 5. The average molecular weight is 287 g/mol. The van der Waals surface area contributed by atoms with Crippen LogP contribution in [0.25, 0.3) is 21.9 Å². The average Bonchev–Trinajstić information content (AvgIpc) is 2.56. The van der Waals surface area contributed by atoms with Gasteiger partial charge in [-0.3, -0.25) is 4.98 Å². The van der Waals surface area contributed by atoms with E-state index < -0.39 is 0 Å². The summed E-state index contributed by atoms with van der Waals surface area (Å²) in [5.41, 5.74) is 5.67. The zero-order valence-electron chi connectivity index (χ0n) is 12.1. The van der Waals surface area contributed by atoms with Crippen LogP contribution < -0.4 is 0 Å². The molecule has 0 saturated carbocycles. The molecule has 0 saturated heterocycles. The van der Waals surface area contributed by atoms with Crippen molar-refractivity contribution in [2.75, 3.05) is 0 Å². The van der Waals surface area contributed by atoms with Crippen molar-refractivity contribution in [3.63, 3.8) is 0 Å². The molecule has 0 radical (unpaired) electrons. The van der Waals surface area contributed by atoms with Gasteiger partial charge in [-0.25, -0.2) is 19.9 Å². The van der Waals surface area contributed by atoms with Gasteiger partial charge in [-0.1, -0.05) is 18.2 Å². The van der Waals surface area contributed by atoms with Gasteiger partial charge in [-0.05, 0) is 24.6 Å². The molecule has 3 heterocycles. The van der Waals surface area contributed by atoms with Crippen LogP contribution in [0.15, 0.2) is 49.2 Å². The summed E-state index contributed by atoms with van der Waals surface area (Å²) in [5, 5.41) is 1.07. The van der Waals surface area contributed by atoms with Gasteiger partial charge in [0.05, 0.1) is 22.4 Å². The largest absolute Gasteiger partial charge is 0.253 e. The van der Waals surface area contributed by atoms with Crippen LogP contribution in [0, 0.1) is 6.92 Å². The fraction of sp³-hybridized carbons (Fsp3) is 0.118. The van der Waals surface area contributed by atoms with E-state index in [1.54, 1.807) is 18.9 Å². The highest BCUT2D eigenvalue weighted by molar-refractivity contribution is 5.83. The summed E-state index contributed by atoms with van der Waals surface area (Å²) in [6.45, 7) is 1.95. The highest BCUT2D eigenvalue weighted by Gasteiger charge is 2.10. The lowest BCUT2D eigenvalue weighted by atomic mass is 10.0. The smallest absolute Gasteiger partial charge is 0.116 e. The van der Waals surface area contributed by atoms with E-state index in [1.165, 1.54) is 0 Å². The Bertz CT molecular complexity index is 975. The van der Waals surface area contributed by atoms with Crippen LogP contribution in [0.1, 0.15) is 17.0 Å². The first kappa shape index (κ1) is 12.8. The molecule has 3 aromatic heterocycles. The molecule has 0 N–H and O–H groups in total. The Morgan fingerprint density at radius 2 is 1.68 bits per heavy atom. The minimum absolute atomic E-state index is 0.693. The Kier molecular flexibility index (Phi) is 2.96. The van der Waals surface area contributed by atoms with Crippen molar-refractivity contribution in [2.24, 2.45) is 0 Å². The van der Waals surface area contributed by atoms with Gasteiger partial charge in [0.2, 0.25) is 0 Å². The zero-order valence-corrected chi connectivity index (χ0v) is 12.1. The van der Waals surface area contributed by atoms with E-state index >= 15 is 0 Å². The van der Waals surface area contributed by atoms with Crippen LogP contribution in [0.5, 0.6) is 0 Å². The molecule has 106 valence electrons. The van der Waals surface area contributed by atoms with Gasteiger partial charge in [0.15, 0.2) is 0 Å². The minimum atomic E-state index is 0.693. The van der Waals surface area contributed by atoms with E-state index in [4.69, 9.17) is 0 Å². The van der Waals surface area contributed by atoms with Crippen LogP contribution in [0.4, 0.5) is 0 Å². The summed E-state index contributed by atoms with van der Waals surface area (Å²) in [5.74, 6) is 0. The number of para-hydroxylation sites is 1. The lowest BCUT2D eigenvalue weighted by molar-refractivity contribution is 1.05. The van der Waals surface area contributed by atoms with E-state index in [2.05, 4.69) is 24.9 Å². The number of aromatic nitrogens is 5. The van der Waals surface area contributed by atoms with Gasteiger partial charge in [0.1, 0.15) is 18.2 Å². The van der Waals surface area contributed by atoms with Gasteiger partial charge in [0.25, 0.3) is 0 Å². The van der Waals surface area contributed by atoms with E-state index in [9.17, 15) is 0 Å². The van der Waals surface area contributed by atoms with Gasteiger partial charge in [-0.15, -0.1) is 0 Å². The number of hydrogen-bond donors (Lipinski definition) is 0. The van der Waals surface area contributed by atoms with E-state index in [1.807, 2.05) is 37.3 Å². The Morgan fingerprint density at radius 1 is 0.818 bits per heavy atom. The van der Waals surface area contributed by atoms with E-state index in [-0.39, 0.29) is 0 Å². The number of pyridine rings is 1. The maximum Gasteiger partial charge on any atom is 0.116 e. The minimum Gasteiger partial charge on any atom is -0.253 e. The van der Waals surface area contributed by atoms with Crippen LogP contribution >= 0.6 is 0 Å². The highest BCUT2D eigenvalue weighted by atomic mass is 14.9. The van der Waals surface area contributed by atoms with Crippen molar-refractivity contribution < 1.29 is 0 Å². The molecule has 5 heteroatoms. The number of fused-ring (bicyclic) bond motifs is 2. The fourth-order valence-corrected chi connectivity index (χ4v) is 2.66. The molecular weight excluding hydrogens is 274 g/mol. The third-order valence-electron chi connectivity index (χ3n) is 3.77. The first-order valence-electron chi connectivity index (χ1n) is 7.07. The van der Waals surface area contributed by atoms with Crippen LogP contribution in [-0.2, 0) is 6.42 Å². The molecule has 4 rings (SSSR count). The Labute approximate surface area is 127 Å². The third kappa shape index (κ3) is 2.07. The van der Waals surface area contributed by atoms with Crippen LogP contribution in [-0.4, -0.2) is 24.9 Å². The summed E-state index contributed by atoms with van der Waals surface area (Å²) < 4.78 is 0. The normalized spacial score (nSPS) is 11.1. The monoisotopic (exact) mass is 287 g/mol. The number of aryl methyl sites for hydroxylation is 1. The molecule has 0 aliphatic carbocycles. The SMILES string of the molecule is Cc1ncnc2c(Cc3ncnc4ccccc34)ccnc12. The summed E-state index contributed by atoms with van der Waals surface area (Å²) in [6, 6.07) is 10.0. The summed E-state index contributed by atoms with van der Waals surface area (Å²) in [7, 11) is 0. The van der Waals surface area contributed by atoms with Crippen molar-refractivity contribution in [3.05, 3.63) is 66.1 Å². The first-order valence-corrected chi connectivity index (χ1v) is 7.07. The van der Waals surface area contributed by atoms with Crippen molar-refractivity contribution >= 4 is 21.9 Å². The third-order valence-corrected chi connectivity index (χ3v) is 3.77. The molecule has 0 unspecified atom stereocenters. The summed E-state index contributed by atoms with van der Waals surface area (Å²) >= 11 is 0. The van der Waals surface area contributed by atoms with Crippen molar-refractivity contribution in [1.29, 1.82) is 0 Å². The molecule has 1 aromatic carbocycles. The number of rotatable bonds is 2. The maximum atomic E-state index is 4.46. The van der Waals surface area contributed by atoms with Gasteiger partial charge in [-0.2, -0.15) is 0 Å². The number of nitrogens with zero attached hydrogens (tertiary/aromatic N) is 5. The van der Waals surface area contributed by atoms with Gasteiger partial charge < -0.3 is 0 Å². The first-order chi connectivity index (χ1) is 10.8. The second-order valence-corrected chi connectivity index (χ2v) is 5.14. The molecular formula is C17H13N5. The van der Waals surface area contributed by atoms with E-state index in [0.717, 1.165) is 38.9 Å². The topological polar surface area (TPSA) is 64.5 Å². The summed E-state index contributed by atoms with van der Waals surface area (Å²) in [6.07, 6.45) is 5.69. The molecule has 5 nitrogen and oxygen atoms in total. The highest BCUT2D eigenvalue weighted by Crippen LogP contribution is 2.21. The van der Waals surface area contributed by atoms with Gasteiger partial charge >= 0.3 is 0 Å². The second-order valence-electron chi connectivity index (χ2n) is 5.14. The molecule has 0 amide bonds. The molecule has 0 aliphatic rings. The van der Waals surface area contributed by atoms with E-state index in [0.29, 0.717) is 6.42 Å². The Morgan fingerprint density at radius 3 is 2.64 bits per heavy atom. The number of benzene rings is 1. The van der Waals surface area contributed by atoms with Gasteiger partial charge in [0, 0.05) is 18.0 Å². The Balaban J connectivity index is 1.88. The summed E-state index contributed by atoms with van der Waals surface area (Å²) in [4.78, 5) is 21.8. The van der Waals surface area contributed by atoms with Crippen molar-refractivity contribution in [3.8, 4) is 0 Å². The molecule has 22 heavy (non-hydrogen) atoms. The molecule has 0 bridgehead atoms. The lowest BCUT2D eigenvalue weighted by Gasteiger charge is -2.08. The van der Waals surface area contributed by atoms with Crippen LogP contribution in [0.3, 0.4) is 0 Å². The standard InChI is InChI=1S/C17H13N5/c1-11-16-17(22-9-19-11)12(6-7-18-16)8-15-13-4-2-3-5-14(13)20-10-21-15/h2-7,9-10H,8H2,1H3. The maximum absolute atomic E-state index is 4.46. The second kappa shape index (κ2) is 5.11.